The number of nitrogens with zero attached hydrogens (tertiary/aromatic N) is 1. The first-order valence-electron chi connectivity index (χ1n) is 5.15. The number of aliphatic hydroxyl groups excluding tert-OH is 1. The smallest absolute Gasteiger partial charge is 0.254 e. The zero-order valence-corrected chi connectivity index (χ0v) is 10.2. The van der Waals surface area contributed by atoms with Gasteiger partial charge in [-0.25, -0.2) is 0 Å². The van der Waals surface area contributed by atoms with Crippen LogP contribution in [0.4, 0.5) is 5.69 Å². The molecule has 92 valence electrons. The molecule has 0 aromatic heterocycles. The van der Waals surface area contributed by atoms with Crippen LogP contribution in [0, 0.1) is 0 Å². The maximum absolute atomic E-state index is 12.1. The number of nitrogens with two attached hydrogens (primary N) is 1. The number of anilines is 1. The Labute approximate surface area is 105 Å². The predicted molar refractivity (Wildman–Crippen MR) is 69.1 cm³/mol. The molecule has 0 saturated heterocycles. The van der Waals surface area contributed by atoms with E-state index in [9.17, 15) is 4.79 Å². The molecule has 0 atom stereocenters. The highest BCUT2D eigenvalue weighted by Gasteiger charge is 2.14. The standard InChI is InChI=1S/C12H15ClN2O2/c1-2-3-15(4-5-16)12(17)9-6-10(13)8-11(14)7-9/h2,6-8,16H,1,3-5,14H2. The van der Waals surface area contributed by atoms with Gasteiger partial charge in [0.2, 0.25) is 0 Å². The predicted octanol–water partition coefficient (Wildman–Crippen LogP) is 1.54. The third-order valence-corrected chi connectivity index (χ3v) is 2.39. The first-order valence-corrected chi connectivity index (χ1v) is 5.53. The van der Waals surface area contributed by atoms with Crippen molar-refractivity contribution in [1.82, 2.24) is 4.90 Å². The van der Waals surface area contributed by atoms with Gasteiger partial charge < -0.3 is 15.7 Å². The molecule has 0 spiro atoms. The Morgan fingerprint density at radius 2 is 2.24 bits per heavy atom. The van der Waals surface area contributed by atoms with Crippen LogP contribution in [0.25, 0.3) is 0 Å². The lowest BCUT2D eigenvalue weighted by molar-refractivity contribution is 0.0743. The lowest BCUT2D eigenvalue weighted by atomic mass is 10.1. The monoisotopic (exact) mass is 254 g/mol. The van der Waals surface area contributed by atoms with Gasteiger partial charge in [0.1, 0.15) is 0 Å². The van der Waals surface area contributed by atoms with E-state index in [1.807, 2.05) is 0 Å². The van der Waals surface area contributed by atoms with Gasteiger partial charge in [-0.15, -0.1) is 6.58 Å². The molecule has 0 heterocycles. The van der Waals surface area contributed by atoms with Crippen LogP contribution in [0.2, 0.25) is 5.02 Å². The van der Waals surface area contributed by atoms with Gasteiger partial charge in [0.05, 0.1) is 6.61 Å². The van der Waals surface area contributed by atoms with Crippen molar-refractivity contribution in [3.8, 4) is 0 Å². The van der Waals surface area contributed by atoms with Gasteiger partial charge in [0, 0.05) is 29.4 Å². The number of carbonyl (C=O) groups is 1. The van der Waals surface area contributed by atoms with E-state index < -0.39 is 0 Å². The first kappa shape index (κ1) is 13.5. The van der Waals surface area contributed by atoms with Crippen molar-refractivity contribution in [2.45, 2.75) is 0 Å². The Bertz CT molecular complexity index is 401. The van der Waals surface area contributed by atoms with Crippen LogP contribution in [-0.4, -0.2) is 35.6 Å². The van der Waals surface area contributed by atoms with E-state index in [2.05, 4.69) is 6.58 Å². The summed E-state index contributed by atoms with van der Waals surface area (Å²) in [7, 11) is 0. The van der Waals surface area contributed by atoms with Crippen LogP contribution in [0.1, 0.15) is 10.4 Å². The zero-order chi connectivity index (χ0) is 12.8. The number of benzene rings is 1. The summed E-state index contributed by atoms with van der Waals surface area (Å²) in [5, 5.41) is 9.30. The Morgan fingerprint density at radius 1 is 1.53 bits per heavy atom. The number of rotatable bonds is 5. The Balaban J connectivity index is 2.95. The van der Waals surface area contributed by atoms with Crippen molar-refractivity contribution in [2.75, 3.05) is 25.4 Å². The van der Waals surface area contributed by atoms with E-state index in [4.69, 9.17) is 22.4 Å². The molecule has 0 unspecified atom stereocenters. The van der Waals surface area contributed by atoms with Gasteiger partial charge >= 0.3 is 0 Å². The van der Waals surface area contributed by atoms with Crippen LogP contribution in [0.5, 0.6) is 0 Å². The number of hydrogen-bond donors (Lipinski definition) is 2. The Hall–Kier alpha value is -1.52. The summed E-state index contributed by atoms with van der Waals surface area (Å²) in [5.74, 6) is -0.229. The van der Waals surface area contributed by atoms with Gasteiger partial charge in [-0.1, -0.05) is 17.7 Å². The molecule has 0 aliphatic carbocycles. The van der Waals surface area contributed by atoms with Crippen LogP contribution < -0.4 is 5.73 Å². The second kappa shape index (κ2) is 6.27. The highest BCUT2D eigenvalue weighted by atomic mass is 35.5. The van der Waals surface area contributed by atoms with Crippen LogP contribution >= 0.6 is 11.6 Å². The normalized spacial score (nSPS) is 10.0. The molecule has 4 nitrogen and oxygen atoms in total. The Kier molecular flexibility index (Phi) is 5.00. The van der Waals surface area contributed by atoms with Crippen molar-refractivity contribution in [1.29, 1.82) is 0 Å². The minimum Gasteiger partial charge on any atom is -0.399 e. The molecule has 0 aliphatic heterocycles. The molecule has 0 saturated carbocycles. The average molecular weight is 255 g/mol. The van der Waals surface area contributed by atoms with Crippen molar-refractivity contribution < 1.29 is 9.90 Å². The fourth-order valence-electron chi connectivity index (χ4n) is 1.47. The molecule has 17 heavy (non-hydrogen) atoms. The summed E-state index contributed by atoms with van der Waals surface area (Å²) >= 11 is 5.83. The second-order valence-corrected chi connectivity index (χ2v) is 3.97. The number of halogens is 1. The van der Waals surface area contributed by atoms with E-state index in [-0.39, 0.29) is 19.1 Å². The van der Waals surface area contributed by atoms with E-state index in [0.717, 1.165) is 0 Å². The molecule has 1 rings (SSSR count). The van der Waals surface area contributed by atoms with Gasteiger partial charge in [-0.2, -0.15) is 0 Å². The topological polar surface area (TPSA) is 66.6 Å². The maximum atomic E-state index is 12.1. The molecular formula is C12H15ClN2O2. The Morgan fingerprint density at radius 3 is 2.76 bits per heavy atom. The molecule has 1 aromatic carbocycles. The number of aliphatic hydroxyl groups is 1. The van der Waals surface area contributed by atoms with Gasteiger partial charge in [0.25, 0.3) is 5.91 Å². The molecule has 5 heteroatoms. The molecule has 0 bridgehead atoms. The maximum Gasteiger partial charge on any atom is 0.254 e. The highest BCUT2D eigenvalue weighted by Crippen LogP contribution is 2.18. The fraction of sp³-hybridized carbons (Fsp3) is 0.250. The summed E-state index contributed by atoms with van der Waals surface area (Å²) in [6.45, 7) is 4.08. The number of amides is 1. The van der Waals surface area contributed by atoms with Crippen molar-refractivity contribution in [3.63, 3.8) is 0 Å². The van der Waals surface area contributed by atoms with Gasteiger partial charge in [-0.05, 0) is 18.2 Å². The molecule has 1 amide bonds. The van der Waals surface area contributed by atoms with Crippen LogP contribution in [0.3, 0.4) is 0 Å². The van der Waals surface area contributed by atoms with Crippen LogP contribution in [-0.2, 0) is 0 Å². The summed E-state index contributed by atoms with van der Waals surface area (Å²) in [6.07, 6.45) is 1.60. The number of hydrogen-bond acceptors (Lipinski definition) is 3. The first-order chi connectivity index (χ1) is 8.08. The second-order valence-electron chi connectivity index (χ2n) is 3.54. The minimum atomic E-state index is -0.229. The van der Waals surface area contributed by atoms with E-state index in [1.54, 1.807) is 24.3 Å². The molecule has 1 aromatic rings. The van der Waals surface area contributed by atoms with Crippen molar-refractivity contribution >= 4 is 23.2 Å². The third-order valence-electron chi connectivity index (χ3n) is 2.17. The van der Waals surface area contributed by atoms with Gasteiger partial charge in [0.15, 0.2) is 0 Å². The van der Waals surface area contributed by atoms with E-state index in [1.165, 1.54) is 4.90 Å². The fourth-order valence-corrected chi connectivity index (χ4v) is 1.71. The lowest BCUT2D eigenvalue weighted by Gasteiger charge is -2.20. The minimum absolute atomic E-state index is 0.102. The molecule has 0 fully saturated rings. The molecule has 0 aliphatic rings. The molecule has 0 radical (unpaired) electrons. The highest BCUT2D eigenvalue weighted by molar-refractivity contribution is 6.31. The molecule has 3 N–H and O–H groups in total. The van der Waals surface area contributed by atoms with E-state index >= 15 is 0 Å². The van der Waals surface area contributed by atoms with Crippen molar-refractivity contribution in [2.24, 2.45) is 0 Å². The van der Waals surface area contributed by atoms with E-state index in [0.29, 0.717) is 22.8 Å². The third kappa shape index (κ3) is 3.76. The summed E-state index contributed by atoms with van der Waals surface area (Å²) in [6, 6.07) is 4.68. The lowest BCUT2D eigenvalue weighted by Crippen LogP contribution is -2.33. The quantitative estimate of drug-likeness (QED) is 0.619. The van der Waals surface area contributed by atoms with Crippen LogP contribution in [0.15, 0.2) is 30.9 Å². The van der Waals surface area contributed by atoms with Crippen molar-refractivity contribution in [3.05, 3.63) is 41.4 Å². The summed E-state index contributed by atoms with van der Waals surface area (Å²) in [5.41, 5.74) is 6.46. The summed E-state index contributed by atoms with van der Waals surface area (Å²) < 4.78 is 0. The number of carbonyl (C=O) groups excluding carboxylic acids is 1. The van der Waals surface area contributed by atoms with Gasteiger partial charge in [-0.3, -0.25) is 4.79 Å². The summed E-state index contributed by atoms with van der Waals surface area (Å²) in [4.78, 5) is 13.6. The SMILES string of the molecule is C=CCN(CCO)C(=O)c1cc(N)cc(Cl)c1. The number of nitrogen functional groups attached to an aromatic ring is 1. The molecular weight excluding hydrogens is 240 g/mol. The largest absolute Gasteiger partial charge is 0.399 e. The average Bonchev–Trinajstić information content (AvgIpc) is 2.26. The zero-order valence-electron chi connectivity index (χ0n) is 9.40.